The van der Waals surface area contributed by atoms with Crippen LogP contribution in [-0.2, 0) is 6.42 Å². The lowest BCUT2D eigenvalue weighted by Crippen LogP contribution is -2.12. The summed E-state index contributed by atoms with van der Waals surface area (Å²) in [7, 11) is 0. The molecular weight excluding hydrogens is 320 g/mol. The van der Waals surface area contributed by atoms with Gasteiger partial charge in [0.25, 0.3) is 0 Å². The van der Waals surface area contributed by atoms with Gasteiger partial charge in [0.1, 0.15) is 5.75 Å². The Balaban J connectivity index is 1.92. The molecule has 0 bridgehead atoms. The molecule has 0 spiro atoms. The Hall–Kier alpha value is -2.09. The molecule has 2 nitrogen and oxygen atoms in total. The van der Waals surface area contributed by atoms with Crippen LogP contribution >= 0.6 is 0 Å². The maximum atomic E-state index is 12.6. The van der Waals surface area contributed by atoms with Crippen molar-refractivity contribution in [2.24, 2.45) is 0 Å². The van der Waals surface area contributed by atoms with E-state index in [1.807, 2.05) is 50.2 Å². The number of hydrogen-bond donors (Lipinski definition) is 0. The van der Waals surface area contributed by atoms with Gasteiger partial charge in [-0.1, -0.05) is 75.8 Å². The maximum absolute atomic E-state index is 12.6. The topological polar surface area (TPSA) is 26.3 Å². The van der Waals surface area contributed by atoms with Crippen molar-refractivity contribution in [1.29, 1.82) is 0 Å². The zero-order chi connectivity index (χ0) is 18.8. The number of carbonyl (C=O) groups excluding carboxylic acids is 1. The van der Waals surface area contributed by atoms with Crippen molar-refractivity contribution in [3.63, 3.8) is 0 Å². The fourth-order valence-electron chi connectivity index (χ4n) is 3.21. The number of aryl methyl sites for hydroxylation is 2. The Morgan fingerprint density at radius 3 is 2.31 bits per heavy atom. The van der Waals surface area contributed by atoms with Crippen molar-refractivity contribution < 1.29 is 9.53 Å². The SMILES string of the molecule is CCCCCCCCCc1ccccc1OC(=O)c1cccc(C)c1C. The van der Waals surface area contributed by atoms with Gasteiger partial charge in [-0.2, -0.15) is 0 Å². The fourth-order valence-corrected chi connectivity index (χ4v) is 3.21. The van der Waals surface area contributed by atoms with Gasteiger partial charge in [-0.15, -0.1) is 0 Å². The highest BCUT2D eigenvalue weighted by atomic mass is 16.5. The molecule has 2 aromatic carbocycles. The van der Waals surface area contributed by atoms with Crippen LogP contribution in [0.5, 0.6) is 5.75 Å². The van der Waals surface area contributed by atoms with Crippen molar-refractivity contribution in [1.82, 2.24) is 0 Å². The van der Waals surface area contributed by atoms with Crippen molar-refractivity contribution in [3.8, 4) is 5.75 Å². The number of para-hydroxylation sites is 1. The summed E-state index contributed by atoms with van der Waals surface area (Å²) in [5, 5.41) is 0. The number of ether oxygens (including phenoxy) is 1. The molecule has 26 heavy (non-hydrogen) atoms. The second kappa shape index (κ2) is 10.8. The molecule has 2 rings (SSSR count). The summed E-state index contributed by atoms with van der Waals surface area (Å²) < 4.78 is 5.74. The molecule has 0 radical (unpaired) electrons. The number of carbonyl (C=O) groups is 1. The van der Waals surface area contributed by atoms with E-state index in [1.54, 1.807) is 0 Å². The van der Waals surface area contributed by atoms with Gasteiger partial charge >= 0.3 is 5.97 Å². The van der Waals surface area contributed by atoms with E-state index in [0.29, 0.717) is 11.3 Å². The minimum absolute atomic E-state index is 0.266. The maximum Gasteiger partial charge on any atom is 0.343 e. The summed E-state index contributed by atoms with van der Waals surface area (Å²) >= 11 is 0. The molecule has 0 saturated heterocycles. The summed E-state index contributed by atoms with van der Waals surface area (Å²) in [6.45, 7) is 6.23. The van der Waals surface area contributed by atoms with Gasteiger partial charge in [0.2, 0.25) is 0 Å². The van der Waals surface area contributed by atoms with Gasteiger partial charge in [-0.25, -0.2) is 4.79 Å². The zero-order valence-electron chi connectivity index (χ0n) is 16.5. The Morgan fingerprint density at radius 1 is 0.846 bits per heavy atom. The van der Waals surface area contributed by atoms with Gasteiger partial charge in [0, 0.05) is 0 Å². The predicted octanol–water partition coefficient (Wildman–Crippen LogP) is 6.82. The number of unbranched alkanes of at least 4 members (excludes halogenated alkanes) is 6. The summed E-state index contributed by atoms with van der Waals surface area (Å²) in [5.74, 6) is 0.433. The molecular formula is C24H32O2. The van der Waals surface area contributed by atoms with E-state index in [-0.39, 0.29) is 5.97 Å². The van der Waals surface area contributed by atoms with Crippen molar-refractivity contribution in [2.45, 2.75) is 72.1 Å². The first kappa shape index (κ1) is 20.2. The average molecular weight is 353 g/mol. The molecule has 0 atom stereocenters. The minimum atomic E-state index is -0.266. The lowest BCUT2D eigenvalue weighted by Gasteiger charge is -2.12. The highest BCUT2D eigenvalue weighted by Gasteiger charge is 2.14. The third kappa shape index (κ3) is 6.01. The standard InChI is InChI=1S/C24H32O2/c1-4-5-6-7-8-9-10-15-21-16-11-12-18-23(21)26-24(25)22-17-13-14-19(2)20(22)3/h11-14,16-18H,4-10,15H2,1-3H3. The normalized spacial score (nSPS) is 10.7. The van der Waals surface area contributed by atoms with E-state index in [0.717, 1.165) is 29.5 Å². The van der Waals surface area contributed by atoms with Gasteiger partial charge in [-0.3, -0.25) is 0 Å². The zero-order valence-corrected chi connectivity index (χ0v) is 16.5. The fraction of sp³-hybridized carbons (Fsp3) is 0.458. The molecule has 0 aliphatic rings. The molecule has 140 valence electrons. The predicted molar refractivity (Wildman–Crippen MR) is 109 cm³/mol. The number of rotatable bonds is 10. The Kier molecular flexibility index (Phi) is 8.40. The van der Waals surface area contributed by atoms with Crippen LogP contribution < -0.4 is 4.74 Å². The molecule has 0 amide bonds. The van der Waals surface area contributed by atoms with Crippen LogP contribution in [0.15, 0.2) is 42.5 Å². The van der Waals surface area contributed by atoms with Gasteiger partial charge in [-0.05, 0) is 55.5 Å². The van der Waals surface area contributed by atoms with E-state index >= 15 is 0 Å². The van der Waals surface area contributed by atoms with Crippen LogP contribution in [-0.4, -0.2) is 5.97 Å². The molecule has 0 aliphatic heterocycles. The van der Waals surface area contributed by atoms with Crippen LogP contribution in [0.3, 0.4) is 0 Å². The molecule has 0 fully saturated rings. The molecule has 0 saturated carbocycles. The largest absolute Gasteiger partial charge is 0.423 e. The summed E-state index contributed by atoms with van der Waals surface area (Å²) in [6, 6.07) is 13.7. The molecule has 0 heterocycles. The van der Waals surface area contributed by atoms with Crippen LogP contribution in [0.2, 0.25) is 0 Å². The van der Waals surface area contributed by atoms with Gasteiger partial charge in [0.15, 0.2) is 0 Å². The Labute approximate surface area is 158 Å². The van der Waals surface area contributed by atoms with Gasteiger partial charge in [0.05, 0.1) is 5.56 Å². The smallest absolute Gasteiger partial charge is 0.343 e. The minimum Gasteiger partial charge on any atom is -0.423 e. The van der Waals surface area contributed by atoms with Crippen LogP contribution in [0.1, 0.15) is 78.9 Å². The number of hydrogen-bond acceptors (Lipinski definition) is 2. The van der Waals surface area contributed by atoms with Crippen molar-refractivity contribution >= 4 is 5.97 Å². The lowest BCUT2D eigenvalue weighted by molar-refractivity contribution is 0.0732. The first-order valence-corrected chi connectivity index (χ1v) is 9.99. The molecule has 2 heteroatoms. The number of benzene rings is 2. The monoisotopic (exact) mass is 352 g/mol. The summed E-state index contributed by atoms with van der Waals surface area (Å²) in [5.41, 5.74) is 3.87. The third-order valence-corrected chi connectivity index (χ3v) is 5.05. The summed E-state index contributed by atoms with van der Waals surface area (Å²) in [4.78, 5) is 12.6. The Bertz CT molecular complexity index is 703. The van der Waals surface area contributed by atoms with Crippen LogP contribution in [0, 0.1) is 13.8 Å². The molecule has 0 aromatic heterocycles. The highest BCUT2D eigenvalue weighted by molar-refractivity contribution is 5.93. The van der Waals surface area contributed by atoms with E-state index in [1.165, 1.54) is 38.5 Å². The van der Waals surface area contributed by atoms with Gasteiger partial charge < -0.3 is 4.74 Å². The van der Waals surface area contributed by atoms with E-state index in [9.17, 15) is 4.79 Å². The van der Waals surface area contributed by atoms with Crippen molar-refractivity contribution in [2.75, 3.05) is 0 Å². The van der Waals surface area contributed by atoms with Crippen LogP contribution in [0.4, 0.5) is 0 Å². The van der Waals surface area contributed by atoms with E-state index in [4.69, 9.17) is 4.74 Å². The van der Waals surface area contributed by atoms with Crippen molar-refractivity contribution in [3.05, 3.63) is 64.7 Å². The van der Waals surface area contributed by atoms with Crippen LogP contribution in [0.25, 0.3) is 0 Å². The van der Waals surface area contributed by atoms with E-state index in [2.05, 4.69) is 13.0 Å². The molecule has 0 unspecified atom stereocenters. The summed E-state index contributed by atoms with van der Waals surface area (Å²) in [6.07, 6.45) is 9.95. The molecule has 2 aromatic rings. The molecule has 0 N–H and O–H groups in total. The Morgan fingerprint density at radius 2 is 1.54 bits per heavy atom. The highest BCUT2D eigenvalue weighted by Crippen LogP contribution is 2.23. The first-order chi connectivity index (χ1) is 12.6. The molecule has 0 aliphatic carbocycles. The van der Waals surface area contributed by atoms with E-state index < -0.39 is 0 Å². The third-order valence-electron chi connectivity index (χ3n) is 5.05. The first-order valence-electron chi connectivity index (χ1n) is 9.99. The second-order valence-corrected chi connectivity index (χ2v) is 7.12. The second-order valence-electron chi connectivity index (χ2n) is 7.12. The number of esters is 1. The lowest BCUT2D eigenvalue weighted by atomic mass is 10.0. The quantitative estimate of drug-likeness (QED) is 0.266. The average Bonchev–Trinajstić information content (AvgIpc) is 2.64.